The molecule has 168 valence electrons. The first-order chi connectivity index (χ1) is 16.0. The van der Waals surface area contributed by atoms with Crippen LogP contribution >= 0.6 is 11.6 Å². The lowest BCUT2D eigenvalue weighted by atomic mass is 10.1. The third kappa shape index (κ3) is 4.27. The number of hydrogen-bond acceptors (Lipinski definition) is 5. The van der Waals surface area contributed by atoms with Crippen molar-refractivity contribution in [2.24, 2.45) is 0 Å². The van der Waals surface area contributed by atoms with Gasteiger partial charge >= 0.3 is 0 Å². The second kappa shape index (κ2) is 9.34. The summed E-state index contributed by atoms with van der Waals surface area (Å²) in [7, 11) is 4.63. The van der Waals surface area contributed by atoms with Crippen LogP contribution in [0.25, 0.3) is 28.7 Å². The third-order valence-corrected chi connectivity index (χ3v) is 5.40. The van der Waals surface area contributed by atoms with Gasteiger partial charge in [-0.2, -0.15) is 0 Å². The molecule has 0 aliphatic carbocycles. The molecule has 33 heavy (non-hydrogen) atoms. The van der Waals surface area contributed by atoms with E-state index in [0.717, 1.165) is 0 Å². The first-order valence-corrected chi connectivity index (χ1v) is 10.3. The van der Waals surface area contributed by atoms with Gasteiger partial charge in [0.2, 0.25) is 0 Å². The van der Waals surface area contributed by atoms with Crippen molar-refractivity contribution in [2.75, 3.05) is 21.3 Å². The largest absolute Gasteiger partial charge is 0.496 e. The van der Waals surface area contributed by atoms with Gasteiger partial charge in [0.15, 0.2) is 11.5 Å². The van der Waals surface area contributed by atoms with E-state index in [2.05, 4.69) is 4.98 Å². The number of benzene rings is 3. The highest BCUT2D eigenvalue weighted by Crippen LogP contribution is 2.35. The summed E-state index contributed by atoms with van der Waals surface area (Å²) in [5.41, 5.74) is 1.30. The van der Waals surface area contributed by atoms with Crippen LogP contribution in [0.3, 0.4) is 0 Å². The van der Waals surface area contributed by atoms with E-state index >= 15 is 0 Å². The summed E-state index contributed by atoms with van der Waals surface area (Å²) in [6, 6.07) is 14.6. The summed E-state index contributed by atoms with van der Waals surface area (Å²) < 4.78 is 31.3. The summed E-state index contributed by atoms with van der Waals surface area (Å²) in [5.74, 6) is 1.34. The minimum Gasteiger partial charge on any atom is -0.496 e. The highest BCUT2D eigenvalue weighted by Gasteiger charge is 2.14. The van der Waals surface area contributed by atoms with Gasteiger partial charge in [-0.15, -0.1) is 0 Å². The second-order valence-electron chi connectivity index (χ2n) is 7.01. The van der Waals surface area contributed by atoms with Crippen LogP contribution in [0.2, 0.25) is 5.02 Å². The Bertz CT molecular complexity index is 1430. The van der Waals surface area contributed by atoms with Gasteiger partial charge in [-0.25, -0.2) is 9.37 Å². The van der Waals surface area contributed by atoms with Crippen molar-refractivity contribution in [1.82, 2.24) is 9.55 Å². The summed E-state index contributed by atoms with van der Waals surface area (Å²) in [4.78, 5) is 18.0. The number of nitrogens with zero attached hydrogens (tertiary/aromatic N) is 2. The smallest absolute Gasteiger partial charge is 0.266 e. The topological polar surface area (TPSA) is 62.6 Å². The van der Waals surface area contributed by atoms with Gasteiger partial charge in [-0.1, -0.05) is 23.7 Å². The van der Waals surface area contributed by atoms with Crippen LogP contribution in [-0.4, -0.2) is 30.9 Å². The Hall–Kier alpha value is -3.84. The zero-order valence-electron chi connectivity index (χ0n) is 18.1. The van der Waals surface area contributed by atoms with E-state index in [-0.39, 0.29) is 10.6 Å². The molecule has 8 heteroatoms. The Labute approximate surface area is 194 Å². The fourth-order valence-corrected chi connectivity index (χ4v) is 3.66. The molecule has 0 fully saturated rings. The van der Waals surface area contributed by atoms with Crippen molar-refractivity contribution < 1.29 is 18.6 Å². The van der Waals surface area contributed by atoms with Crippen LogP contribution < -0.4 is 19.8 Å². The highest BCUT2D eigenvalue weighted by molar-refractivity contribution is 6.30. The Morgan fingerprint density at radius 3 is 2.30 bits per heavy atom. The predicted octanol–water partition coefficient (Wildman–Crippen LogP) is 5.37. The Morgan fingerprint density at radius 2 is 1.61 bits per heavy atom. The van der Waals surface area contributed by atoms with E-state index in [4.69, 9.17) is 25.8 Å². The average molecular weight is 467 g/mol. The number of methoxy groups -OCH3 is 3. The number of hydrogen-bond donors (Lipinski definition) is 0. The van der Waals surface area contributed by atoms with Crippen molar-refractivity contribution in [3.8, 4) is 22.9 Å². The molecule has 0 aliphatic heterocycles. The van der Waals surface area contributed by atoms with Crippen molar-refractivity contribution in [1.29, 1.82) is 0 Å². The van der Waals surface area contributed by atoms with Crippen LogP contribution in [0.15, 0.2) is 59.4 Å². The molecular formula is C25H20ClFN2O4. The highest BCUT2D eigenvalue weighted by atomic mass is 35.5. The maximum atomic E-state index is 13.8. The van der Waals surface area contributed by atoms with Crippen molar-refractivity contribution in [3.05, 3.63) is 87.2 Å². The molecule has 4 aromatic rings. The lowest BCUT2D eigenvalue weighted by molar-refractivity contribution is 0.348. The minimum atomic E-state index is -0.575. The van der Waals surface area contributed by atoms with Crippen LogP contribution in [0.1, 0.15) is 11.4 Å². The molecule has 0 saturated carbocycles. The maximum absolute atomic E-state index is 13.8. The molecule has 0 N–H and O–H groups in total. The molecule has 4 rings (SSSR count). The predicted molar refractivity (Wildman–Crippen MR) is 127 cm³/mol. The molecule has 1 heterocycles. The van der Waals surface area contributed by atoms with Gasteiger partial charge in [0, 0.05) is 11.6 Å². The summed E-state index contributed by atoms with van der Waals surface area (Å²) >= 11 is 5.99. The number of rotatable bonds is 6. The van der Waals surface area contributed by atoms with E-state index in [1.54, 1.807) is 69.9 Å². The molecule has 6 nitrogen and oxygen atoms in total. The quantitative estimate of drug-likeness (QED) is 0.382. The number of aromatic nitrogens is 2. The number of fused-ring (bicyclic) bond motifs is 1. The number of para-hydroxylation sites is 1. The van der Waals surface area contributed by atoms with Crippen LogP contribution in [0.4, 0.5) is 4.39 Å². The molecule has 3 aromatic carbocycles. The molecule has 0 spiro atoms. The fraction of sp³-hybridized carbons (Fsp3) is 0.120. The molecule has 0 saturated heterocycles. The lowest BCUT2D eigenvalue weighted by Gasteiger charge is -2.13. The van der Waals surface area contributed by atoms with Crippen LogP contribution in [-0.2, 0) is 0 Å². The van der Waals surface area contributed by atoms with Gasteiger partial charge < -0.3 is 14.2 Å². The summed E-state index contributed by atoms with van der Waals surface area (Å²) in [6.07, 6.45) is 3.42. The standard InChI is InChI=1S/C25H20ClFN2O4/c1-31-21-14-23(33-3)22(32-2)12-15(21)8-11-24-28-20-7-5-4-6-17(20)25(30)29(24)16-9-10-19(27)18(26)13-16/h4-14H,1-3H3/b11-8+. The minimum absolute atomic E-state index is 0.0935. The number of halogens is 2. The second-order valence-corrected chi connectivity index (χ2v) is 7.42. The molecule has 0 bridgehead atoms. The van der Waals surface area contributed by atoms with Gasteiger partial charge in [0.05, 0.1) is 42.9 Å². The normalized spacial score (nSPS) is 11.2. The van der Waals surface area contributed by atoms with Crippen molar-refractivity contribution in [3.63, 3.8) is 0 Å². The summed E-state index contributed by atoms with van der Waals surface area (Å²) in [6.45, 7) is 0. The van der Waals surface area contributed by atoms with Gasteiger partial charge in [-0.05, 0) is 48.6 Å². The first kappa shape index (κ1) is 22.4. The SMILES string of the molecule is COc1cc(OC)c(OC)cc1/C=C/c1nc2ccccc2c(=O)n1-c1ccc(F)c(Cl)c1. The van der Waals surface area contributed by atoms with E-state index in [1.165, 1.54) is 22.8 Å². The third-order valence-electron chi connectivity index (χ3n) is 5.11. The van der Waals surface area contributed by atoms with Gasteiger partial charge in [-0.3, -0.25) is 9.36 Å². The lowest BCUT2D eigenvalue weighted by Crippen LogP contribution is -2.22. The van der Waals surface area contributed by atoms with E-state index < -0.39 is 5.82 Å². The molecule has 0 aliphatic rings. The fourth-order valence-electron chi connectivity index (χ4n) is 3.48. The molecule has 0 amide bonds. The molecule has 0 atom stereocenters. The molecule has 1 aromatic heterocycles. The van der Waals surface area contributed by atoms with Crippen molar-refractivity contribution in [2.45, 2.75) is 0 Å². The monoisotopic (exact) mass is 466 g/mol. The zero-order chi connectivity index (χ0) is 23.5. The molecule has 0 radical (unpaired) electrons. The van der Waals surface area contributed by atoms with E-state index in [0.29, 0.717) is 45.2 Å². The Kier molecular flexibility index (Phi) is 6.33. The Morgan fingerprint density at radius 1 is 0.909 bits per heavy atom. The maximum Gasteiger partial charge on any atom is 0.266 e. The average Bonchev–Trinajstić information content (AvgIpc) is 2.84. The van der Waals surface area contributed by atoms with Gasteiger partial charge in [0.25, 0.3) is 5.56 Å². The summed E-state index contributed by atoms with van der Waals surface area (Å²) in [5, 5.41) is 0.336. The molecule has 0 unspecified atom stereocenters. The zero-order valence-corrected chi connectivity index (χ0v) is 18.9. The number of ether oxygens (including phenoxy) is 3. The first-order valence-electron chi connectivity index (χ1n) is 9.92. The van der Waals surface area contributed by atoms with E-state index in [9.17, 15) is 9.18 Å². The van der Waals surface area contributed by atoms with Crippen LogP contribution in [0, 0.1) is 5.82 Å². The van der Waals surface area contributed by atoms with Crippen molar-refractivity contribution >= 4 is 34.7 Å². The Balaban J connectivity index is 1.93. The van der Waals surface area contributed by atoms with Gasteiger partial charge in [0.1, 0.15) is 17.4 Å². The van der Waals surface area contributed by atoms with Crippen LogP contribution in [0.5, 0.6) is 17.2 Å². The van der Waals surface area contributed by atoms with E-state index in [1.807, 2.05) is 0 Å². The molecular weight excluding hydrogens is 447 g/mol.